The highest BCUT2D eigenvalue weighted by atomic mass is 16.5. The summed E-state index contributed by atoms with van der Waals surface area (Å²) in [6.45, 7) is 4.54. The number of ether oxygens (including phenoxy) is 3. The van der Waals surface area contributed by atoms with Crippen LogP contribution < -0.4 is 9.47 Å². The number of para-hydroxylation sites is 2. The molecule has 132 valence electrons. The standard InChI is InChI=1S/C20H23NO4/c1-16-15-21(11-12-23-16)20(22)18-9-5-6-10-19(18)25-14-13-24-17-7-3-2-4-8-17/h2-10,16H,11-15H2,1H3. The second-order valence-electron chi connectivity index (χ2n) is 5.94. The lowest BCUT2D eigenvalue weighted by Crippen LogP contribution is -2.44. The molecule has 3 rings (SSSR count). The van der Waals surface area contributed by atoms with Gasteiger partial charge in [-0.25, -0.2) is 0 Å². The first-order valence-electron chi connectivity index (χ1n) is 8.54. The summed E-state index contributed by atoms with van der Waals surface area (Å²) in [5.41, 5.74) is 0.580. The van der Waals surface area contributed by atoms with Crippen LogP contribution in [0.4, 0.5) is 0 Å². The average molecular weight is 341 g/mol. The van der Waals surface area contributed by atoms with Gasteiger partial charge in [0, 0.05) is 13.1 Å². The Morgan fingerprint density at radius 2 is 1.80 bits per heavy atom. The van der Waals surface area contributed by atoms with Crippen LogP contribution in [0.15, 0.2) is 54.6 Å². The van der Waals surface area contributed by atoms with Crippen LogP contribution in [-0.4, -0.2) is 49.8 Å². The van der Waals surface area contributed by atoms with Crippen molar-refractivity contribution < 1.29 is 19.0 Å². The lowest BCUT2D eigenvalue weighted by Gasteiger charge is -2.31. The summed E-state index contributed by atoms with van der Waals surface area (Å²) in [4.78, 5) is 14.6. The van der Waals surface area contributed by atoms with Crippen LogP contribution in [0.5, 0.6) is 11.5 Å². The fraction of sp³-hybridized carbons (Fsp3) is 0.350. The zero-order valence-corrected chi connectivity index (χ0v) is 14.4. The van der Waals surface area contributed by atoms with Gasteiger partial charge < -0.3 is 19.1 Å². The Labute approximate surface area is 148 Å². The summed E-state index contributed by atoms with van der Waals surface area (Å²) < 4.78 is 16.9. The third-order valence-electron chi connectivity index (χ3n) is 4.00. The van der Waals surface area contributed by atoms with E-state index in [9.17, 15) is 4.79 Å². The SMILES string of the molecule is CC1CN(C(=O)c2ccccc2OCCOc2ccccc2)CCO1. The topological polar surface area (TPSA) is 48.0 Å². The number of amides is 1. The first kappa shape index (κ1) is 17.3. The molecule has 1 atom stereocenters. The molecule has 0 radical (unpaired) electrons. The van der Waals surface area contributed by atoms with Gasteiger partial charge in [-0.3, -0.25) is 4.79 Å². The third kappa shape index (κ3) is 4.73. The zero-order chi connectivity index (χ0) is 17.5. The van der Waals surface area contributed by atoms with E-state index in [-0.39, 0.29) is 12.0 Å². The predicted molar refractivity (Wildman–Crippen MR) is 95.2 cm³/mol. The fourth-order valence-corrected chi connectivity index (χ4v) is 2.77. The van der Waals surface area contributed by atoms with Gasteiger partial charge in [0.2, 0.25) is 0 Å². The number of nitrogens with zero attached hydrogens (tertiary/aromatic N) is 1. The molecule has 0 saturated carbocycles. The smallest absolute Gasteiger partial charge is 0.257 e. The van der Waals surface area contributed by atoms with Crippen molar-refractivity contribution in [3.8, 4) is 11.5 Å². The maximum atomic E-state index is 12.8. The summed E-state index contributed by atoms with van der Waals surface area (Å²) in [5.74, 6) is 1.37. The van der Waals surface area contributed by atoms with Crippen molar-refractivity contribution in [2.24, 2.45) is 0 Å². The average Bonchev–Trinajstić information content (AvgIpc) is 2.66. The first-order valence-corrected chi connectivity index (χ1v) is 8.54. The van der Waals surface area contributed by atoms with Gasteiger partial charge in [-0.05, 0) is 31.2 Å². The number of benzene rings is 2. The first-order chi connectivity index (χ1) is 12.2. The van der Waals surface area contributed by atoms with Crippen molar-refractivity contribution in [3.63, 3.8) is 0 Å². The molecule has 1 aliphatic rings. The number of hydrogen-bond donors (Lipinski definition) is 0. The van der Waals surface area contributed by atoms with E-state index < -0.39 is 0 Å². The van der Waals surface area contributed by atoms with Crippen LogP contribution in [0.3, 0.4) is 0 Å². The molecule has 1 fully saturated rings. The summed E-state index contributed by atoms with van der Waals surface area (Å²) in [6.07, 6.45) is 0.0602. The van der Waals surface area contributed by atoms with E-state index in [0.717, 1.165) is 5.75 Å². The quantitative estimate of drug-likeness (QED) is 0.758. The van der Waals surface area contributed by atoms with Crippen molar-refractivity contribution >= 4 is 5.91 Å². The number of carbonyl (C=O) groups excluding carboxylic acids is 1. The highest BCUT2D eigenvalue weighted by molar-refractivity contribution is 5.97. The lowest BCUT2D eigenvalue weighted by molar-refractivity contribution is -0.0125. The molecule has 0 N–H and O–H groups in total. The molecule has 1 unspecified atom stereocenters. The molecule has 1 aliphatic heterocycles. The minimum Gasteiger partial charge on any atom is -0.490 e. The molecule has 25 heavy (non-hydrogen) atoms. The number of carbonyl (C=O) groups is 1. The highest BCUT2D eigenvalue weighted by Gasteiger charge is 2.24. The van der Waals surface area contributed by atoms with Gasteiger partial charge in [0.05, 0.1) is 18.3 Å². The molecule has 0 bridgehead atoms. The molecule has 2 aromatic rings. The molecule has 0 aliphatic carbocycles. The molecular weight excluding hydrogens is 318 g/mol. The van der Waals surface area contributed by atoms with E-state index in [0.29, 0.717) is 44.2 Å². The van der Waals surface area contributed by atoms with Crippen LogP contribution in [-0.2, 0) is 4.74 Å². The van der Waals surface area contributed by atoms with E-state index in [1.165, 1.54) is 0 Å². The van der Waals surface area contributed by atoms with E-state index in [1.807, 2.05) is 60.4 Å². The number of rotatable bonds is 6. The van der Waals surface area contributed by atoms with Crippen molar-refractivity contribution in [2.45, 2.75) is 13.0 Å². The van der Waals surface area contributed by atoms with Crippen molar-refractivity contribution in [2.75, 3.05) is 32.9 Å². The molecule has 2 aromatic carbocycles. The maximum Gasteiger partial charge on any atom is 0.257 e. The predicted octanol–water partition coefficient (Wildman–Crippen LogP) is 3.01. The van der Waals surface area contributed by atoms with Crippen LogP contribution in [0.25, 0.3) is 0 Å². The van der Waals surface area contributed by atoms with Gasteiger partial charge in [-0.1, -0.05) is 30.3 Å². The van der Waals surface area contributed by atoms with Gasteiger partial charge in [0.15, 0.2) is 0 Å². The van der Waals surface area contributed by atoms with Gasteiger partial charge in [0.1, 0.15) is 24.7 Å². The molecule has 0 spiro atoms. The second-order valence-corrected chi connectivity index (χ2v) is 5.94. The summed E-state index contributed by atoms with van der Waals surface area (Å²) in [7, 11) is 0. The van der Waals surface area contributed by atoms with Crippen LogP contribution in [0.1, 0.15) is 17.3 Å². The summed E-state index contributed by atoms with van der Waals surface area (Å²) in [5, 5.41) is 0. The monoisotopic (exact) mass is 341 g/mol. The molecule has 0 aromatic heterocycles. The molecule has 1 heterocycles. The second kappa shape index (κ2) is 8.53. The Morgan fingerprint density at radius 3 is 2.60 bits per heavy atom. The minimum atomic E-state index is -0.0188. The number of morpholine rings is 1. The van der Waals surface area contributed by atoms with E-state index in [4.69, 9.17) is 14.2 Å². The molecule has 1 saturated heterocycles. The van der Waals surface area contributed by atoms with Gasteiger partial charge >= 0.3 is 0 Å². The van der Waals surface area contributed by atoms with Crippen LogP contribution >= 0.6 is 0 Å². The summed E-state index contributed by atoms with van der Waals surface area (Å²) >= 11 is 0. The minimum absolute atomic E-state index is 0.0188. The highest BCUT2D eigenvalue weighted by Crippen LogP contribution is 2.21. The van der Waals surface area contributed by atoms with Crippen molar-refractivity contribution in [1.82, 2.24) is 4.90 Å². The van der Waals surface area contributed by atoms with Gasteiger partial charge in [-0.15, -0.1) is 0 Å². The van der Waals surface area contributed by atoms with Crippen molar-refractivity contribution in [1.29, 1.82) is 0 Å². The number of hydrogen-bond acceptors (Lipinski definition) is 4. The lowest BCUT2D eigenvalue weighted by atomic mass is 10.1. The maximum absolute atomic E-state index is 12.8. The molecule has 5 nitrogen and oxygen atoms in total. The van der Waals surface area contributed by atoms with E-state index in [2.05, 4.69) is 0 Å². The van der Waals surface area contributed by atoms with E-state index in [1.54, 1.807) is 6.07 Å². The van der Waals surface area contributed by atoms with Crippen LogP contribution in [0.2, 0.25) is 0 Å². The summed E-state index contributed by atoms with van der Waals surface area (Å²) in [6, 6.07) is 16.9. The molecular formula is C20H23NO4. The van der Waals surface area contributed by atoms with E-state index >= 15 is 0 Å². The Bertz CT molecular complexity index is 689. The van der Waals surface area contributed by atoms with Gasteiger partial charge in [0.25, 0.3) is 5.91 Å². The van der Waals surface area contributed by atoms with Crippen LogP contribution in [0, 0.1) is 0 Å². The Kier molecular flexibility index (Phi) is 5.90. The molecule has 1 amide bonds. The van der Waals surface area contributed by atoms with Crippen molar-refractivity contribution in [3.05, 3.63) is 60.2 Å². The largest absolute Gasteiger partial charge is 0.490 e. The normalized spacial score (nSPS) is 17.2. The van der Waals surface area contributed by atoms with Gasteiger partial charge in [-0.2, -0.15) is 0 Å². The zero-order valence-electron chi connectivity index (χ0n) is 14.4. The third-order valence-corrected chi connectivity index (χ3v) is 4.00. The molecule has 5 heteroatoms. The Hall–Kier alpha value is -2.53. The Balaban J connectivity index is 1.57. The Morgan fingerprint density at radius 1 is 1.08 bits per heavy atom. The fourth-order valence-electron chi connectivity index (χ4n) is 2.77.